The lowest BCUT2D eigenvalue weighted by Crippen LogP contribution is -2.40. The van der Waals surface area contributed by atoms with Gasteiger partial charge in [0.1, 0.15) is 5.82 Å². The molecule has 0 saturated carbocycles. The Bertz CT molecular complexity index is 481. The van der Waals surface area contributed by atoms with Gasteiger partial charge in [-0.1, -0.05) is 12.1 Å². The van der Waals surface area contributed by atoms with Gasteiger partial charge in [-0.2, -0.15) is 0 Å². The van der Waals surface area contributed by atoms with Crippen LogP contribution >= 0.6 is 11.3 Å². The van der Waals surface area contributed by atoms with Crippen molar-refractivity contribution in [3.63, 3.8) is 0 Å². The molecule has 0 radical (unpaired) electrons. The third-order valence-electron chi connectivity index (χ3n) is 3.23. The summed E-state index contributed by atoms with van der Waals surface area (Å²) in [5, 5.41) is 2.08. The minimum absolute atomic E-state index is 0.167. The van der Waals surface area contributed by atoms with Crippen LogP contribution in [0.5, 0.6) is 0 Å². The molecule has 1 aliphatic rings. The minimum atomic E-state index is -0.167. The van der Waals surface area contributed by atoms with Crippen molar-refractivity contribution in [2.24, 2.45) is 0 Å². The van der Waals surface area contributed by atoms with Crippen molar-refractivity contribution in [3.05, 3.63) is 52.2 Å². The molecule has 4 heteroatoms. The highest BCUT2D eigenvalue weighted by Gasteiger charge is 2.29. The third-order valence-corrected chi connectivity index (χ3v) is 3.87. The van der Waals surface area contributed by atoms with Crippen LogP contribution in [0, 0.1) is 5.82 Å². The minimum Gasteiger partial charge on any atom is -0.290 e. The smallest absolute Gasteiger partial charge is 0.123 e. The largest absolute Gasteiger partial charge is 0.290 e. The number of hydrogen-bond donors (Lipinski definition) is 0. The molecule has 1 fully saturated rings. The van der Waals surface area contributed by atoms with Gasteiger partial charge in [-0.05, 0) is 24.1 Å². The molecule has 0 unspecified atom stereocenters. The third kappa shape index (κ3) is 2.23. The van der Waals surface area contributed by atoms with E-state index in [0.717, 1.165) is 25.2 Å². The van der Waals surface area contributed by atoms with E-state index in [4.69, 9.17) is 0 Å². The second-order valence-electron chi connectivity index (χ2n) is 4.31. The molecule has 1 atom stereocenters. The van der Waals surface area contributed by atoms with E-state index in [9.17, 15) is 4.39 Å². The Hall–Kier alpha value is -1.26. The predicted molar refractivity (Wildman–Crippen MR) is 66.3 cm³/mol. The van der Waals surface area contributed by atoms with Crippen molar-refractivity contribution in [2.75, 3.05) is 6.54 Å². The van der Waals surface area contributed by atoms with Gasteiger partial charge in [0, 0.05) is 24.5 Å². The van der Waals surface area contributed by atoms with Crippen LogP contribution in [0.2, 0.25) is 0 Å². The van der Waals surface area contributed by atoms with E-state index < -0.39 is 0 Å². The molecule has 88 valence electrons. The Morgan fingerprint density at radius 1 is 1.35 bits per heavy atom. The van der Waals surface area contributed by atoms with Gasteiger partial charge < -0.3 is 0 Å². The van der Waals surface area contributed by atoms with Gasteiger partial charge in [0.05, 0.1) is 11.2 Å². The molecule has 0 aliphatic carbocycles. The fourth-order valence-electron chi connectivity index (χ4n) is 2.22. The molecular formula is C13H13FN2S. The Kier molecular flexibility index (Phi) is 2.91. The molecular weight excluding hydrogens is 235 g/mol. The number of halogens is 1. The lowest BCUT2D eigenvalue weighted by molar-refractivity contribution is 0.0806. The average Bonchev–Trinajstić information content (AvgIpc) is 2.80. The molecule has 1 aromatic heterocycles. The molecule has 2 aromatic rings. The van der Waals surface area contributed by atoms with Crippen LogP contribution in [-0.2, 0) is 6.54 Å². The molecule has 1 aliphatic heterocycles. The van der Waals surface area contributed by atoms with Crippen molar-refractivity contribution >= 4 is 11.3 Å². The van der Waals surface area contributed by atoms with E-state index in [0.29, 0.717) is 6.04 Å². The summed E-state index contributed by atoms with van der Waals surface area (Å²) < 4.78 is 12.9. The first-order valence-electron chi connectivity index (χ1n) is 5.69. The monoisotopic (exact) mass is 248 g/mol. The predicted octanol–water partition coefficient (Wildman–Crippen LogP) is 3.23. The number of thiazole rings is 1. The van der Waals surface area contributed by atoms with Crippen LogP contribution in [0.15, 0.2) is 35.2 Å². The Morgan fingerprint density at radius 3 is 2.76 bits per heavy atom. The summed E-state index contributed by atoms with van der Waals surface area (Å²) >= 11 is 1.63. The zero-order valence-electron chi connectivity index (χ0n) is 9.34. The molecule has 3 rings (SSSR count). The maximum atomic E-state index is 12.9. The average molecular weight is 248 g/mol. The van der Waals surface area contributed by atoms with Crippen molar-refractivity contribution in [3.8, 4) is 0 Å². The van der Waals surface area contributed by atoms with E-state index in [1.165, 1.54) is 17.7 Å². The summed E-state index contributed by atoms with van der Waals surface area (Å²) in [7, 11) is 0. The summed E-state index contributed by atoms with van der Waals surface area (Å²) in [5.41, 5.74) is 4.19. The van der Waals surface area contributed by atoms with Gasteiger partial charge in [-0.25, -0.2) is 9.37 Å². The van der Waals surface area contributed by atoms with Crippen LogP contribution in [-0.4, -0.2) is 16.4 Å². The Balaban J connectivity index is 1.70. The molecule has 2 heterocycles. The maximum absolute atomic E-state index is 12.9. The number of benzene rings is 1. The number of aromatic nitrogens is 1. The van der Waals surface area contributed by atoms with Crippen LogP contribution in [0.3, 0.4) is 0 Å². The summed E-state index contributed by atoms with van der Waals surface area (Å²) in [6.45, 7) is 1.99. The maximum Gasteiger partial charge on any atom is 0.123 e. The topological polar surface area (TPSA) is 16.1 Å². The number of likely N-dealkylation sites (tertiary alicyclic amines) is 1. The zero-order chi connectivity index (χ0) is 11.7. The van der Waals surface area contributed by atoms with E-state index in [2.05, 4.69) is 15.3 Å². The second kappa shape index (κ2) is 4.55. The van der Waals surface area contributed by atoms with Gasteiger partial charge in [0.15, 0.2) is 0 Å². The van der Waals surface area contributed by atoms with Crippen LogP contribution in [0.1, 0.15) is 23.7 Å². The SMILES string of the molecule is Fc1ccc([C@H]2CCN2Cc2cscn2)cc1. The van der Waals surface area contributed by atoms with Crippen LogP contribution < -0.4 is 0 Å². The standard InChI is InChI=1S/C13H13FN2S/c14-11-3-1-10(2-4-11)13-5-6-16(13)7-12-8-17-9-15-12/h1-4,8-9,13H,5-7H2/t13-/m1/s1. The van der Waals surface area contributed by atoms with Gasteiger partial charge in [-0.3, -0.25) is 4.90 Å². The first kappa shape index (κ1) is 10.9. The summed E-state index contributed by atoms with van der Waals surface area (Å²) in [5.74, 6) is -0.167. The first-order valence-corrected chi connectivity index (χ1v) is 6.64. The van der Waals surface area contributed by atoms with Crippen molar-refractivity contribution in [1.82, 2.24) is 9.88 Å². The quantitative estimate of drug-likeness (QED) is 0.829. The molecule has 0 N–H and O–H groups in total. The highest BCUT2D eigenvalue weighted by Crippen LogP contribution is 2.34. The summed E-state index contributed by atoms with van der Waals surface area (Å²) in [6, 6.07) is 7.27. The molecule has 1 saturated heterocycles. The first-order chi connectivity index (χ1) is 8.33. The number of nitrogens with zero attached hydrogens (tertiary/aromatic N) is 2. The Morgan fingerprint density at radius 2 is 2.18 bits per heavy atom. The molecule has 17 heavy (non-hydrogen) atoms. The van der Waals surface area contributed by atoms with Crippen LogP contribution in [0.4, 0.5) is 4.39 Å². The molecule has 0 bridgehead atoms. The van der Waals surface area contributed by atoms with E-state index in [1.807, 2.05) is 17.6 Å². The lowest BCUT2D eigenvalue weighted by atomic mass is 9.94. The normalized spacial score (nSPS) is 20.2. The second-order valence-corrected chi connectivity index (χ2v) is 5.02. The van der Waals surface area contributed by atoms with Crippen LogP contribution in [0.25, 0.3) is 0 Å². The summed E-state index contributed by atoms with van der Waals surface area (Å²) in [6.07, 6.45) is 1.15. The lowest BCUT2D eigenvalue weighted by Gasteiger charge is -2.41. The summed E-state index contributed by atoms with van der Waals surface area (Å²) in [4.78, 5) is 6.67. The molecule has 0 amide bonds. The van der Waals surface area contributed by atoms with E-state index in [1.54, 1.807) is 11.3 Å². The van der Waals surface area contributed by atoms with Gasteiger partial charge in [0.2, 0.25) is 0 Å². The highest BCUT2D eigenvalue weighted by molar-refractivity contribution is 7.07. The molecule has 0 spiro atoms. The fourth-order valence-corrected chi connectivity index (χ4v) is 2.77. The van der Waals surface area contributed by atoms with Gasteiger partial charge in [-0.15, -0.1) is 11.3 Å². The Labute approximate surface area is 104 Å². The number of rotatable bonds is 3. The molecule has 2 nitrogen and oxygen atoms in total. The van der Waals surface area contributed by atoms with Crippen molar-refractivity contribution in [2.45, 2.75) is 19.0 Å². The highest BCUT2D eigenvalue weighted by atomic mass is 32.1. The van der Waals surface area contributed by atoms with Crippen molar-refractivity contribution in [1.29, 1.82) is 0 Å². The van der Waals surface area contributed by atoms with Crippen molar-refractivity contribution < 1.29 is 4.39 Å². The van der Waals surface area contributed by atoms with E-state index in [-0.39, 0.29) is 5.82 Å². The zero-order valence-corrected chi connectivity index (χ0v) is 10.2. The molecule has 1 aromatic carbocycles. The van der Waals surface area contributed by atoms with E-state index >= 15 is 0 Å². The number of hydrogen-bond acceptors (Lipinski definition) is 3. The van der Waals surface area contributed by atoms with Gasteiger partial charge in [0.25, 0.3) is 0 Å². The van der Waals surface area contributed by atoms with Gasteiger partial charge >= 0.3 is 0 Å². The fraction of sp³-hybridized carbons (Fsp3) is 0.308.